The first-order chi connectivity index (χ1) is 7.66. The lowest BCUT2D eigenvalue weighted by Gasteiger charge is -2.35. The molecule has 16 heavy (non-hydrogen) atoms. The molecule has 4 heteroatoms. The van der Waals surface area contributed by atoms with Crippen LogP contribution in [0.4, 0.5) is 0 Å². The third-order valence-electron chi connectivity index (χ3n) is 4.03. The second-order valence-electron chi connectivity index (χ2n) is 6.49. The molecule has 0 bridgehead atoms. The fourth-order valence-corrected chi connectivity index (χ4v) is 11.3. The first-order valence-corrected chi connectivity index (χ1v) is 12.2. The Morgan fingerprint density at radius 2 is 2.06 bits per heavy atom. The van der Waals surface area contributed by atoms with E-state index in [4.69, 9.17) is 4.43 Å². The summed E-state index contributed by atoms with van der Waals surface area (Å²) < 4.78 is 5.88. The molecule has 0 radical (unpaired) electrons. The summed E-state index contributed by atoms with van der Waals surface area (Å²) in [6.07, 6.45) is 7.36. The largest absolute Gasteiger partial charge is 0.425 e. The van der Waals surface area contributed by atoms with Crippen LogP contribution in [-0.2, 0) is 4.43 Å². The van der Waals surface area contributed by atoms with Crippen LogP contribution in [-0.4, -0.2) is 30.9 Å². The van der Waals surface area contributed by atoms with Crippen LogP contribution in [0.5, 0.6) is 0 Å². The van der Waals surface area contributed by atoms with Crippen LogP contribution in [0.2, 0.25) is 6.04 Å². The van der Waals surface area contributed by atoms with Gasteiger partial charge in [-0.3, -0.25) is 0 Å². The summed E-state index contributed by atoms with van der Waals surface area (Å²) in [5, 5.41) is 0. The molecule has 1 saturated heterocycles. The minimum absolute atomic E-state index is 0.165. The van der Waals surface area contributed by atoms with Crippen molar-refractivity contribution in [3.05, 3.63) is 0 Å². The summed E-state index contributed by atoms with van der Waals surface area (Å²) in [5.74, 6) is 0.986. The van der Waals surface area contributed by atoms with Crippen molar-refractivity contribution in [3.63, 3.8) is 0 Å². The summed E-state index contributed by atoms with van der Waals surface area (Å²) >= 11 is 0. The van der Waals surface area contributed by atoms with E-state index < -0.39 is 8.48 Å². The van der Waals surface area contributed by atoms with Gasteiger partial charge in [-0.25, -0.2) is 0 Å². The van der Waals surface area contributed by atoms with E-state index in [0.717, 1.165) is 12.5 Å². The molecular formula is C12H27NOSi2. The highest BCUT2D eigenvalue weighted by molar-refractivity contribution is 7.08. The molecule has 1 aliphatic carbocycles. The summed E-state index contributed by atoms with van der Waals surface area (Å²) in [7, 11) is -0.821. The Balaban J connectivity index is 1.68. The minimum atomic E-state index is -0.655. The Morgan fingerprint density at radius 3 is 2.75 bits per heavy atom. The molecule has 1 saturated carbocycles. The zero-order chi connectivity index (χ0) is 11.4. The smallest absolute Gasteiger partial charge is 0.164 e. The molecule has 1 aliphatic heterocycles. The molecule has 1 heterocycles. The maximum atomic E-state index is 5.88. The quantitative estimate of drug-likeness (QED) is 0.774. The lowest BCUT2D eigenvalue weighted by Crippen LogP contribution is -2.50. The highest BCUT2D eigenvalue weighted by Crippen LogP contribution is 2.27. The summed E-state index contributed by atoms with van der Waals surface area (Å²) in [6.45, 7) is 7.06. The Hall–Kier alpha value is 0.354. The molecule has 2 fully saturated rings. The molecule has 1 N–H and O–H groups in total. The van der Waals surface area contributed by atoms with Gasteiger partial charge in [-0.15, -0.1) is 0 Å². The van der Waals surface area contributed by atoms with Gasteiger partial charge in [0.2, 0.25) is 0 Å². The fraction of sp³-hybridized carbons (Fsp3) is 1.00. The first-order valence-electron chi connectivity index (χ1n) is 6.97. The lowest BCUT2D eigenvalue weighted by molar-refractivity contribution is 0.198. The van der Waals surface area contributed by atoms with Crippen molar-refractivity contribution >= 4 is 17.8 Å². The zero-order valence-corrected chi connectivity index (χ0v) is 13.5. The predicted octanol–water partition coefficient (Wildman–Crippen LogP) is 1.52. The van der Waals surface area contributed by atoms with Crippen molar-refractivity contribution < 1.29 is 4.43 Å². The highest BCUT2D eigenvalue weighted by Gasteiger charge is 2.30. The van der Waals surface area contributed by atoms with Gasteiger partial charge < -0.3 is 9.41 Å². The Labute approximate surface area is 104 Å². The Kier molecular flexibility index (Phi) is 4.64. The standard InChI is InChI=1S/C12H27NOSi2/c1-12(2)9-14-15-16(10-12)13-8-11-6-4-3-5-7-11/h11,13,16H,3-10,15H2,1-2H3. The van der Waals surface area contributed by atoms with Gasteiger partial charge in [-0.2, -0.15) is 0 Å². The van der Waals surface area contributed by atoms with Crippen LogP contribution in [0.25, 0.3) is 0 Å². The van der Waals surface area contributed by atoms with Gasteiger partial charge in [-0.05, 0) is 36.8 Å². The monoisotopic (exact) mass is 257 g/mol. The van der Waals surface area contributed by atoms with Gasteiger partial charge in [0.25, 0.3) is 0 Å². The van der Waals surface area contributed by atoms with Crippen LogP contribution in [0, 0.1) is 11.3 Å². The van der Waals surface area contributed by atoms with Crippen LogP contribution in [0.1, 0.15) is 46.0 Å². The van der Waals surface area contributed by atoms with Crippen LogP contribution in [0.15, 0.2) is 0 Å². The molecule has 1 atom stereocenters. The predicted molar refractivity (Wildman–Crippen MR) is 74.8 cm³/mol. The number of hydrogen-bond donors (Lipinski definition) is 1. The maximum Gasteiger partial charge on any atom is 0.164 e. The van der Waals surface area contributed by atoms with E-state index in [2.05, 4.69) is 18.8 Å². The second-order valence-corrected chi connectivity index (χ2v) is 13.4. The molecule has 2 nitrogen and oxygen atoms in total. The summed E-state index contributed by atoms with van der Waals surface area (Å²) in [5.41, 5.74) is 0.460. The molecule has 0 aromatic carbocycles. The van der Waals surface area contributed by atoms with E-state index >= 15 is 0 Å². The molecule has 0 aromatic heterocycles. The van der Waals surface area contributed by atoms with Gasteiger partial charge in [-0.1, -0.05) is 33.1 Å². The van der Waals surface area contributed by atoms with Crippen molar-refractivity contribution in [2.24, 2.45) is 11.3 Å². The molecule has 1 unspecified atom stereocenters. The van der Waals surface area contributed by atoms with Crippen LogP contribution in [0.3, 0.4) is 0 Å². The number of rotatable bonds is 3. The minimum Gasteiger partial charge on any atom is -0.425 e. The third kappa shape index (κ3) is 3.98. The van der Waals surface area contributed by atoms with Gasteiger partial charge in [0.1, 0.15) is 8.48 Å². The Morgan fingerprint density at radius 1 is 1.31 bits per heavy atom. The average molecular weight is 258 g/mol. The molecule has 2 rings (SSSR count). The number of hydrogen-bond acceptors (Lipinski definition) is 2. The molecule has 94 valence electrons. The first kappa shape index (κ1) is 12.8. The number of nitrogens with one attached hydrogen (secondary N) is 1. The second kappa shape index (κ2) is 5.80. The van der Waals surface area contributed by atoms with E-state index in [1.807, 2.05) is 0 Å². The molecule has 0 aromatic rings. The van der Waals surface area contributed by atoms with Crippen LogP contribution >= 0.6 is 0 Å². The van der Waals surface area contributed by atoms with E-state index in [1.54, 1.807) is 0 Å². The summed E-state index contributed by atoms with van der Waals surface area (Å²) in [6, 6.07) is 1.46. The zero-order valence-electron chi connectivity index (χ0n) is 10.9. The van der Waals surface area contributed by atoms with Gasteiger partial charge in [0.05, 0.1) is 0 Å². The van der Waals surface area contributed by atoms with Gasteiger partial charge in [0.15, 0.2) is 9.28 Å². The third-order valence-corrected chi connectivity index (χ3v) is 10.9. The maximum absolute atomic E-state index is 5.88. The van der Waals surface area contributed by atoms with E-state index in [-0.39, 0.29) is 9.28 Å². The van der Waals surface area contributed by atoms with Gasteiger partial charge >= 0.3 is 0 Å². The van der Waals surface area contributed by atoms with E-state index in [1.165, 1.54) is 44.7 Å². The molecule has 0 amide bonds. The van der Waals surface area contributed by atoms with Crippen molar-refractivity contribution in [1.29, 1.82) is 0 Å². The van der Waals surface area contributed by atoms with Crippen molar-refractivity contribution in [3.8, 4) is 0 Å². The molecule has 2 aliphatic rings. The van der Waals surface area contributed by atoms with Gasteiger partial charge in [0, 0.05) is 6.61 Å². The van der Waals surface area contributed by atoms with Crippen molar-refractivity contribution in [2.75, 3.05) is 13.2 Å². The van der Waals surface area contributed by atoms with Crippen molar-refractivity contribution in [1.82, 2.24) is 4.98 Å². The fourth-order valence-electron chi connectivity index (χ4n) is 3.12. The lowest BCUT2D eigenvalue weighted by atomic mass is 9.90. The molecular weight excluding hydrogens is 230 g/mol. The van der Waals surface area contributed by atoms with E-state index in [9.17, 15) is 0 Å². The molecule has 0 spiro atoms. The van der Waals surface area contributed by atoms with Crippen molar-refractivity contribution in [2.45, 2.75) is 52.0 Å². The normalized spacial score (nSPS) is 33.0. The highest BCUT2D eigenvalue weighted by atomic mass is 29.2. The SMILES string of the molecule is CC1(C)CO[SiH2][SiH](NCC2CCCCC2)C1. The van der Waals surface area contributed by atoms with Crippen LogP contribution < -0.4 is 4.98 Å². The average Bonchev–Trinajstić information content (AvgIpc) is 2.27. The van der Waals surface area contributed by atoms with E-state index in [0.29, 0.717) is 5.41 Å². The Bertz CT molecular complexity index is 217. The topological polar surface area (TPSA) is 21.3 Å². The summed E-state index contributed by atoms with van der Waals surface area (Å²) in [4.78, 5) is 3.92.